The molecule has 2 saturated carbocycles. The summed E-state index contributed by atoms with van der Waals surface area (Å²) < 4.78 is 28.7. The zero-order chi connectivity index (χ0) is 21.1. The van der Waals surface area contributed by atoms with Gasteiger partial charge in [0.2, 0.25) is 10.0 Å². The lowest BCUT2D eigenvalue weighted by Gasteiger charge is -2.36. The number of sulfonamides is 1. The highest BCUT2D eigenvalue weighted by atomic mass is 32.2. The number of hydrogen-bond acceptors (Lipinski definition) is 5. The number of nitrogens with one attached hydrogen (secondary N) is 2. The van der Waals surface area contributed by atoms with Gasteiger partial charge in [-0.2, -0.15) is 0 Å². The van der Waals surface area contributed by atoms with Crippen LogP contribution in [0.25, 0.3) is 11.0 Å². The van der Waals surface area contributed by atoms with Crippen molar-refractivity contribution >= 4 is 26.9 Å². The van der Waals surface area contributed by atoms with Crippen LogP contribution in [0.3, 0.4) is 0 Å². The van der Waals surface area contributed by atoms with Crippen molar-refractivity contribution in [1.82, 2.24) is 19.7 Å². The molecule has 2 N–H and O–H groups in total. The normalized spacial score (nSPS) is 27.9. The lowest BCUT2D eigenvalue weighted by Crippen LogP contribution is -2.44. The second-order valence-electron chi connectivity index (χ2n) is 9.18. The van der Waals surface area contributed by atoms with Crippen LogP contribution in [0.15, 0.2) is 18.6 Å². The zero-order valence-electron chi connectivity index (χ0n) is 18.2. The fraction of sp³-hybridized carbons (Fsp3) is 0.727. The van der Waals surface area contributed by atoms with E-state index in [1.54, 1.807) is 6.33 Å². The minimum atomic E-state index is -3.22. The molecule has 166 valence electrons. The molecule has 4 rings (SSSR count). The molecule has 0 saturated heterocycles. The second-order valence-corrected chi connectivity index (χ2v) is 11.0. The van der Waals surface area contributed by atoms with E-state index in [-0.39, 0.29) is 17.7 Å². The van der Waals surface area contributed by atoms with E-state index in [1.165, 1.54) is 6.42 Å². The van der Waals surface area contributed by atoms with Gasteiger partial charge in [0.15, 0.2) is 0 Å². The molecule has 2 fully saturated rings. The fourth-order valence-electron chi connectivity index (χ4n) is 5.45. The van der Waals surface area contributed by atoms with E-state index in [4.69, 9.17) is 0 Å². The zero-order valence-corrected chi connectivity index (χ0v) is 19.0. The molecule has 2 aliphatic carbocycles. The quantitative estimate of drug-likeness (QED) is 0.692. The van der Waals surface area contributed by atoms with E-state index in [1.807, 2.05) is 12.3 Å². The molecule has 0 radical (unpaired) electrons. The topological polar surface area (TPSA) is 91.0 Å². The first-order chi connectivity index (χ1) is 14.5. The molecule has 0 bridgehead atoms. The van der Waals surface area contributed by atoms with Gasteiger partial charge in [-0.05, 0) is 56.4 Å². The number of aromatic amines is 1. The molecule has 2 aliphatic rings. The SMILES string of the molecule is CC[C@H]1CCCC[C@H]1NS(=O)(=O)C[C@H]1CC[C@H](N(C)c2ncnc3[nH]ccc23)CC1. The van der Waals surface area contributed by atoms with Crippen molar-refractivity contribution in [3.63, 3.8) is 0 Å². The summed E-state index contributed by atoms with van der Waals surface area (Å²) in [6, 6.07) is 2.53. The Kier molecular flexibility index (Phi) is 6.63. The molecule has 2 heterocycles. The van der Waals surface area contributed by atoms with E-state index in [0.29, 0.717) is 12.0 Å². The molecule has 7 nitrogen and oxygen atoms in total. The maximum Gasteiger partial charge on any atom is 0.212 e. The van der Waals surface area contributed by atoms with Crippen molar-refractivity contribution in [2.24, 2.45) is 11.8 Å². The number of anilines is 1. The largest absolute Gasteiger partial charge is 0.356 e. The smallest absolute Gasteiger partial charge is 0.212 e. The van der Waals surface area contributed by atoms with E-state index in [0.717, 1.165) is 68.2 Å². The Morgan fingerprint density at radius 1 is 1.13 bits per heavy atom. The van der Waals surface area contributed by atoms with Crippen molar-refractivity contribution < 1.29 is 8.42 Å². The number of fused-ring (bicyclic) bond motifs is 1. The van der Waals surface area contributed by atoms with Gasteiger partial charge in [0.05, 0.1) is 11.1 Å². The van der Waals surface area contributed by atoms with Crippen molar-refractivity contribution in [3.8, 4) is 0 Å². The molecule has 0 amide bonds. The lowest BCUT2D eigenvalue weighted by molar-refractivity contribution is 0.280. The van der Waals surface area contributed by atoms with Gasteiger partial charge < -0.3 is 9.88 Å². The highest BCUT2D eigenvalue weighted by Crippen LogP contribution is 2.32. The third kappa shape index (κ3) is 4.80. The molecular weight excluding hydrogens is 398 g/mol. The molecule has 2 aromatic rings. The lowest BCUT2D eigenvalue weighted by atomic mass is 9.83. The number of H-pyrrole nitrogens is 1. The molecule has 2 atom stereocenters. The van der Waals surface area contributed by atoms with Crippen LogP contribution >= 0.6 is 0 Å². The van der Waals surface area contributed by atoms with Gasteiger partial charge in [0.25, 0.3) is 0 Å². The van der Waals surface area contributed by atoms with Crippen LogP contribution in [0.4, 0.5) is 5.82 Å². The molecule has 8 heteroatoms. The number of hydrogen-bond donors (Lipinski definition) is 2. The Bertz CT molecular complexity index is 936. The molecule has 0 unspecified atom stereocenters. The van der Waals surface area contributed by atoms with Crippen LogP contribution in [0.1, 0.15) is 64.7 Å². The highest BCUT2D eigenvalue weighted by Gasteiger charge is 2.32. The summed E-state index contributed by atoms with van der Waals surface area (Å²) in [6.07, 6.45) is 12.9. The molecular formula is C22H35N5O2S. The van der Waals surface area contributed by atoms with Crippen LogP contribution in [-0.2, 0) is 10.0 Å². The Hall–Kier alpha value is -1.67. The van der Waals surface area contributed by atoms with E-state index in [9.17, 15) is 8.42 Å². The molecule has 30 heavy (non-hydrogen) atoms. The Morgan fingerprint density at radius 2 is 1.90 bits per heavy atom. The summed E-state index contributed by atoms with van der Waals surface area (Å²) in [4.78, 5) is 14.2. The van der Waals surface area contributed by atoms with Gasteiger partial charge in [0.1, 0.15) is 17.8 Å². The van der Waals surface area contributed by atoms with Crippen LogP contribution in [0, 0.1) is 11.8 Å². The number of rotatable bonds is 7. The van der Waals surface area contributed by atoms with Gasteiger partial charge in [-0.3, -0.25) is 0 Å². The van der Waals surface area contributed by atoms with Crippen LogP contribution < -0.4 is 9.62 Å². The van der Waals surface area contributed by atoms with E-state index >= 15 is 0 Å². The van der Waals surface area contributed by atoms with Gasteiger partial charge in [-0.1, -0.05) is 26.2 Å². The monoisotopic (exact) mass is 433 g/mol. The van der Waals surface area contributed by atoms with Crippen LogP contribution in [0.5, 0.6) is 0 Å². The number of nitrogens with zero attached hydrogens (tertiary/aromatic N) is 3. The van der Waals surface area contributed by atoms with Crippen molar-refractivity contribution in [3.05, 3.63) is 18.6 Å². The highest BCUT2D eigenvalue weighted by molar-refractivity contribution is 7.89. The Balaban J connectivity index is 1.32. The third-order valence-corrected chi connectivity index (χ3v) is 8.82. The summed E-state index contributed by atoms with van der Waals surface area (Å²) in [5, 5.41) is 1.03. The minimum Gasteiger partial charge on any atom is -0.356 e. The van der Waals surface area contributed by atoms with Gasteiger partial charge in [-0.25, -0.2) is 23.1 Å². The molecule has 2 aromatic heterocycles. The average molecular weight is 434 g/mol. The fourth-order valence-corrected chi connectivity index (χ4v) is 7.27. The van der Waals surface area contributed by atoms with Gasteiger partial charge in [0, 0.05) is 25.3 Å². The minimum absolute atomic E-state index is 0.137. The Labute approximate surface area is 180 Å². The summed E-state index contributed by atoms with van der Waals surface area (Å²) in [5.41, 5.74) is 0.853. The number of aromatic nitrogens is 3. The maximum atomic E-state index is 12.8. The van der Waals surface area contributed by atoms with Gasteiger partial charge >= 0.3 is 0 Å². The summed E-state index contributed by atoms with van der Waals surface area (Å²) in [5.74, 6) is 1.96. The first-order valence-electron chi connectivity index (χ1n) is 11.5. The van der Waals surface area contributed by atoms with E-state index < -0.39 is 10.0 Å². The first-order valence-corrected chi connectivity index (χ1v) is 13.1. The Morgan fingerprint density at radius 3 is 2.67 bits per heavy atom. The molecule has 0 spiro atoms. The first kappa shape index (κ1) is 21.6. The summed E-state index contributed by atoms with van der Waals surface area (Å²) in [7, 11) is -1.13. The average Bonchev–Trinajstić information content (AvgIpc) is 3.22. The standard InChI is InChI=1S/C22H35N5O2S/c1-3-17-6-4-5-7-20(17)26-30(28,29)14-16-8-10-18(11-9-16)27(2)22-19-12-13-23-21(19)24-15-25-22/h12-13,15-18,20,26H,3-11,14H2,1-2H3,(H,23,24,25)/t16-,17-,18-,20+/m0/s1. The van der Waals surface area contributed by atoms with E-state index in [2.05, 4.69) is 38.5 Å². The van der Waals surface area contributed by atoms with Crippen LogP contribution in [0.2, 0.25) is 0 Å². The second kappa shape index (κ2) is 9.22. The summed E-state index contributed by atoms with van der Waals surface area (Å²) >= 11 is 0. The predicted molar refractivity (Wildman–Crippen MR) is 121 cm³/mol. The maximum absolute atomic E-state index is 12.8. The van der Waals surface area contributed by atoms with Crippen molar-refractivity contribution in [2.45, 2.75) is 76.8 Å². The van der Waals surface area contributed by atoms with Crippen molar-refractivity contribution in [1.29, 1.82) is 0 Å². The van der Waals surface area contributed by atoms with Gasteiger partial charge in [-0.15, -0.1) is 0 Å². The molecule has 0 aromatic carbocycles. The predicted octanol–water partition coefficient (Wildman–Crippen LogP) is 3.84. The molecule has 0 aliphatic heterocycles. The summed E-state index contributed by atoms with van der Waals surface area (Å²) in [6.45, 7) is 2.17. The van der Waals surface area contributed by atoms with Crippen molar-refractivity contribution in [2.75, 3.05) is 17.7 Å². The third-order valence-electron chi connectivity index (χ3n) is 7.25. The van der Waals surface area contributed by atoms with Crippen LogP contribution in [-0.4, -0.2) is 48.3 Å².